The van der Waals surface area contributed by atoms with E-state index in [0.29, 0.717) is 11.4 Å². The van der Waals surface area contributed by atoms with Gasteiger partial charge in [0.25, 0.3) is 11.5 Å². The van der Waals surface area contributed by atoms with Crippen LogP contribution in [0.25, 0.3) is 16.7 Å². The zero-order valence-electron chi connectivity index (χ0n) is 18.2. The molecule has 7 heteroatoms. The molecule has 1 aliphatic carbocycles. The molecule has 32 heavy (non-hydrogen) atoms. The highest BCUT2D eigenvalue weighted by atomic mass is 16.5. The molecule has 1 aliphatic rings. The van der Waals surface area contributed by atoms with Crippen LogP contribution in [-0.2, 0) is 24.7 Å². The number of hydrogen-bond acceptors (Lipinski definition) is 4. The van der Waals surface area contributed by atoms with E-state index in [0.717, 1.165) is 48.1 Å². The molecule has 0 saturated heterocycles. The molecular weight excluding hydrogens is 406 g/mol. The van der Waals surface area contributed by atoms with E-state index in [4.69, 9.17) is 9.15 Å². The second-order valence-corrected chi connectivity index (χ2v) is 8.14. The van der Waals surface area contributed by atoms with Crippen molar-refractivity contribution in [2.75, 3.05) is 11.9 Å². The molecule has 0 radical (unpaired) electrons. The molecule has 2 aromatic carbocycles. The third kappa shape index (κ3) is 3.49. The number of nitrogens with zero attached hydrogens (tertiary/aromatic N) is 2. The molecule has 0 spiro atoms. The Kier molecular flexibility index (Phi) is 5.09. The van der Waals surface area contributed by atoms with Crippen molar-refractivity contribution in [2.45, 2.75) is 32.6 Å². The number of aryl methyl sites for hydroxylation is 2. The van der Waals surface area contributed by atoms with Gasteiger partial charge in [-0.2, -0.15) is 0 Å². The van der Waals surface area contributed by atoms with Crippen LogP contribution in [-0.4, -0.2) is 21.9 Å². The van der Waals surface area contributed by atoms with Gasteiger partial charge in [-0.25, -0.2) is 4.68 Å². The summed E-state index contributed by atoms with van der Waals surface area (Å²) in [7, 11) is 1.79. The number of benzene rings is 2. The Hall–Kier alpha value is -3.74. The van der Waals surface area contributed by atoms with E-state index in [1.165, 1.54) is 10.2 Å². The molecule has 1 amide bonds. The van der Waals surface area contributed by atoms with Crippen molar-refractivity contribution in [3.63, 3.8) is 0 Å². The average molecular weight is 431 g/mol. The number of furan rings is 1. The molecular formula is C25H25N3O4. The van der Waals surface area contributed by atoms with Crippen LogP contribution in [0.15, 0.2) is 57.7 Å². The summed E-state index contributed by atoms with van der Waals surface area (Å²) in [4.78, 5) is 25.5. The van der Waals surface area contributed by atoms with Crippen molar-refractivity contribution < 1.29 is 13.9 Å². The van der Waals surface area contributed by atoms with Crippen LogP contribution in [0.4, 0.5) is 5.69 Å². The van der Waals surface area contributed by atoms with E-state index in [2.05, 4.69) is 5.32 Å². The molecule has 0 bridgehead atoms. The lowest BCUT2D eigenvalue weighted by molar-refractivity contribution is -0.118. The van der Waals surface area contributed by atoms with Crippen molar-refractivity contribution in [3.8, 4) is 11.4 Å². The van der Waals surface area contributed by atoms with E-state index >= 15 is 0 Å². The predicted molar refractivity (Wildman–Crippen MR) is 123 cm³/mol. The lowest BCUT2D eigenvalue weighted by Crippen LogP contribution is -2.25. The molecule has 2 aromatic heterocycles. The minimum Gasteiger partial charge on any atom is -0.484 e. The van der Waals surface area contributed by atoms with Crippen LogP contribution in [0, 0.1) is 6.92 Å². The summed E-state index contributed by atoms with van der Waals surface area (Å²) in [5, 5.41) is 3.78. The number of anilines is 1. The van der Waals surface area contributed by atoms with E-state index in [1.807, 2.05) is 42.5 Å². The predicted octanol–water partition coefficient (Wildman–Crippen LogP) is 4.13. The summed E-state index contributed by atoms with van der Waals surface area (Å²) in [5.41, 5.74) is 3.48. The van der Waals surface area contributed by atoms with Crippen LogP contribution in [0.3, 0.4) is 0 Å². The number of fused-ring (bicyclic) bond motifs is 3. The van der Waals surface area contributed by atoms with Crippen LogP contribution in [0.5, 0.6) is 5.75 Å². The first kappa shape index (κ1) is 20.2. The van der Waals surface area contributed by atoms with Crippen LogP contribution >= 0.6 is 0 Å². The van der Waals surface area contributed by atoms with E-state index < -0.39 is 0 Å². The SMILES string of the molecule is Cc1c(NC(=O)COc2ccc3oc4c(c3c2)CCCC4)c(=O)n(-c2ccccc2)n1C. The second-order valence-electron chi connectivity index (χ2n) is 8.14. The molecule has 5 rings (SSSR count). The van der Waals surface area contributed by atoms with Gasteiger partial charge in [-0.15, -0.1) is 0 Å². The average Bonchev–Trinajstić information content (AvgIpc) is 3.28. The Morgan fingerprint density at radius 2 is 1.91 bits per heavy atom. The fourth-order valence-electron chi connectivity index (χ4n) is 4.37. The van der Waals surface area contributed by atoms with Gasteiger partial charge in [-0.1, -0.05) is 18.2 Å². The number of ether oxygens (including phenoxy) is 1. The highest BCUT2D eigenvalue weighted by molar-refractivity contribution is 5.92. The van der Waals surface area contributed by atoms with Crippen molar-refractivity contribution in [3.05, 3.63) is 75.9 Å². The van der Waals surface area contributed by atoms with Gasteiger partial charge < -0.3 is 14.5 Å². The van der Waals surface area contributed by atoms with Crippen molar-refractivity contribution in [2.24, 2.45) is 7.05 Å². The maximum absolute atomic E-state index is 13.0. The zero-order valence-corrected chi connectivity index (χ0v) is 18.2. The molecule has 0 saturated carbocycles. The standard InChI is InChI=1S/C25H25N3O4/c1-16-24(25(30)28(27(16)2)17-8-4-3-5-9-17)26-23(29)15-31-18-12-13-22-20(14-18)19-10-6-7-11-21(19)32-22/h3-5,8-9,12-14H,6-7,10-11,15H2,1-2H3,(H,26,29). The van der Waals surface area contributed by atoms with Gasteiger partial charge in [0.1, 0.15) is 22.8 Å². The number of para-hydroxylation sites is 1. The number of hydrogen-bond donors (Lipinski definition) is 1. The summed E-state index contributed by atoms with van der Waals surface area (Å²) in [6.45, 7) is 1.61. The summed E-state index contributed by atoms with van der Waals surface area (Å²) in [6.07, 6.45) is 4.29. The van der Waals surface area contributed by atoms with E-state index in [-0.39, 0.29) is 23.8 Å². The summed E-state index contributed by atoms with van der Waals surface area (Å²) < 4.78 is 14.9. The Labute approximate surface area is 185 Å². The number of carbonyl (C=O) groups excluding carboxylic acids is 1. The number of rotatable bonds is 5. The van der Waals surface area contributed by atoms with E-state index in [9.17, 15) is 9.59 Å². The summed E-state index contributed by atoms with van der Waals surface area (Å²) in [6, 6.07) is 14.9. The quantitative estimate of drug-likeness (QED) is 0.515. The van der Waals surface area contributed by atoms with Gasteiger partial charge >= 0.3 is 0 Å². The minimum absolute atomic E-state index is 0.190. The normalized spacial score (nSPS) is 13.2. The Morgan fingerprint density at radius 3 is 2.72 bits per heavy atom. The molecule has 0 unspecified atom stereocenters. The van der Waals surface area contributed by atoms with Gasteiger partial charge in [-0.05, 0) is 56.5 Å². The van der Waals surface area contributed by atoms with Crippen molar-refractivity contribution in [1.82, 2.24) is 9.36 Å². The fourth-order valence-corrected chi connectivity index (χ4v) is 4.37. The van der Waals surface area contributed by atoms with Gasteiger partial charge in [-0.3, -0.25) is 14.3 Å². The third-order valence-corrected chi connectivity index (χ3v) is 6.12. The molecule has 4 aromatic rings. The topological polar surface area (TPSA) is 78.4 Å². The smallest absolute Gasteiger partial charge is 0.295 e. The van der Waals surface area contributed by atoms with Crippen LogP contribution in [0.1, 0.15) is 29.9 Å². The van der Waals surface area contributed by atoms with Crippen LogP contribution in [0.2, 0.25) is 0 Å². The van der Waals surface area contributed by atoms with Gasteiger partial charge in [0.05, 0.1) is 11.4 Å². The fraction of sp³-hybridized carbons (Fsp3) is 0.280. The Balaban J connectivity index is 1.32. The molecule has 0 aliphatic heterocycles. The molecule has 1 N–H and O–H groups in total. The first-order chi connectivity index (χ1) is 15.5. The van der Waals surface area contributed by atoms with Crippen molar-refractivity contribution in [1.29, 1.82) is 0 Å². The van der Waals surface area contributed by atoms with Gasteiger partial charge in [0.15, 0.2) is 6.61 Å². The monoisotopic (exact) mass is 431 g/mol. The lowest BCUT2D eigenvalue weighted by atomic mass is 9.96. The highest BCUT2D eigenvalue weighted by Crippen LogP contribution is 2.33. The maximum Gasteiger partial charge on any atom is 0.295 e. The zero-order chi connectivity index (χ0) is 22.2. The van der Waals surface area contributed by atoms with E-state index in [1.54, 1.807) is 24.7 Å². The maximum atomic E-state index is 13.0. The molecule has 2 heterocycles. The highest BCUT2D eigenvalue weighted by Gasteiger charge is 2.20. The number of carbonyl (C=O) groups is 1. The number of amides is 1. The Bertz CT molecular complexity index is 1360. The number of aromatic nitrogens is 2. The van der Waals surface area contributed by atoms with Gasteiger partial charge in [0, 0.05) is 24.4 Å². The summed E-state index contributed by atoms with van der Waals surface area (Å²) in [5.74, 6) is 1.29. The minimum atomic E-state index is -0.384. The largest absolute Gasteiger partial charge is 0.484 e. The Morgan fingerprint density at radius 1 is 1.12 bits per heavy atom. The first-order valence-electron chi connectivity index (χ1n) is 10.8. The van der Waals surface area contributed by atoms with Crippen molar-refractivity contribution >= 4 is 22.6 Å². The van der Waals surface area contributed by atoms with Crippen LogP contribution < -0.4 is 15.6 Å². The molecule has 164 valence electrons. The lowest BCUT2D eigenvalue weighted by Gasteiger charge is -2.09. The number of nitrogens with one attached hydrogen (secondary N) is 1. The third-order valence-electron chi connectivity index (χ3n) is 6.12. The molecule has 0 atom stereocenters. The molecule has 7 nitrogen and oxygen atoms in total. The summed E-state index contributed by atoms with van der Waals surface area (Å²) >= 11 is 0. The molecule has 0 fully saturated rings. The second kappa shape index (κ2) is 8.07. The van der Waals surface area contributed by atoms with Gasteiger partial charge in [0.2, 0.25) is 0 Å². The first-order valence-corrected chi connectivity index (χ1v) is 10.8.